The number of para-hydroxylation sites is 1. The lowest BCUT2D eigenvalue weighted by molar-refractivity contribution is -0.130. The highest BCUT2D eigenvalue weighted by Crippen LogP contribution is 2.23. The topological polar surface area (TPSA) is 65.6 Å². The molecule has 29 heavy (non-hydrogen) atoms. The van der Waals surface area contributed by atoms with Gasteiger partial charge in [0, 0.05) is 30.7 Å². The predicted molar refractivity (Wildman–Crippen MR) is 116 cm³/mol. The van der Waals surface area contributed by atoms with Gasteiger partial charge in [-0.25, -0.2) is 0 Å². The van der Waals surface area contributed by atoms with E-state index in [1.807, 2.05) is 42.6 Å². The number of fused-ring (bicyclic) bond motifs is 1. The van der Waals surface area contributed by atoms with Crippen molar-refractivity contribution in [1.82, 2.24) is 9.88 Å². The minimum Gasteiger partial charge on any atom is -0.491 e. The molecule has 0 aliphatic rings. The monoisotopic (exact) mass is 394 g/mol. The van der Waals surface area contributed by atoms with Crippen molar-refractivity contribution in [2.45, 2.75) is 39.2 Å². The Labute approximate surface area is 172 Å². The number of nitrogens with zero attached hydrogens (tertiary/aromatic N) is 1. The number of aliphatic hydroxyl groups is 1. The maximum Gasteiger partial charge on any atom is 0.226 e. The molecule has 5 nitrogen and oxygen atoms in total. The van der Waals surface area contributed by atoms with Crippen LogP contribution in [-0.4, -0.2) is 47.2 Å². The first kappa shape index (κ1) is 20.9. The predicted octanol–water partition coefficient (Wildman–Crippen LogP) is 3.73. The van der Waals surface area contributed by atoms with E-state index in [0.717, 1.165) is 35.1 Å². The van der Waals surface area contributed by atoms with E-state index < -0.39 is 6.10 Å². The highest BCUT2D eigenvalue weighted by molar-refractivity contribution is 5.90. The van der Waals surface area contributed by atoms with Crippen LogP contribution in [0.3, 0.4) is 0 Å². The second kappa shape index (κ2) is 9.61. The lowest BCUT2D eigenvalue weighted by Crippen LogP contribution is -2.37. The second-order valence-electron chi connectivity index (χ2n) is 7.42. The summed E-state index contributed by atoms with van der Waals surface area (Å²) in [5.74, 6) is 0.694. The molecule has 3 aromatic rings. The summed E-state index contributed by atoms with van der Waals surface area (Å²) in [5.41, 5.74) is 4.57. The minimum absolute atomic E-state index is 0.0286. The number of carbonyl (C=O) groups excluding carboxylic acids is 1. The number of hydrogen-bond acceptors (Lipinski definition) is 3. The Balaban J connectivity index is 1.53. The molecule has 0 saturated carbocycles. The largest absolute Gasteiger partial charge is 0.491 e. The Kier molecular flexibility index (Phi) is 6.94. The first-order valence-electron chi connectivity index (χ1n) is 10.2. The third kappa shape index (κ3) is 5.18. The number of carbonyl (C=O) groups is 1. The number of aliphatic hydroxyl groups excluding tert-OH is 1. The summed E-state index contributed by atoms with van der Waals surface area (Å²) in [7, 11) is 1.72. The van der Waals surface area contributed by atoms with Gasteiger partial charge in [0.1, 0.15) is 18.5 Å². The number of aromatic nitrogens is 1. The van der Waals surface area contributed by atoms with Crippen LogP contribution in [0.1, 0.15) is 30.5 Å². The van der Waals surface area contributed by atoms with Gasteiger partial charge in [-0.15, -0.1) is 0 Å². The molecule has 1 heterocycles. The Morgan fingerprint density at radius 2 is 1.86 bits per heavy atom. The van der Waals surface area contributed by atoms with Crippen LogP contribution in [0.2, 0.25) is 0 Å². The normalized spacial score (nSPS) is 12.1. The number of nitrogens with one attached hydrogen (secondary N) is 1. The fraction of sp³-hybridized carbons (Fsp3) is 0.375. The first-order chi connectivity index (χ1) is 14.0. The molecule has 0 radical (unpaired) electrons. The molecule has 2 aromatic carbocycles. The molecule has 3 rings (SSSR count). The molecule has 0 aliphatic heterocycles. The van der Waals surface area contributed by atoms with Gasteiger partial charge < -0.3 is 19.7 Å². The average Bonchev–Trinajstić information content (AvgIpc) is 3.15. The van der Waals surface area contributed by atoms with Gasteiger partial charge >= 0.3 is 0 Å². The molecule has 154 valence electrons. The van der Waals surface area contributed by atoms with Crippen molar-refractivity contribution in [3.8, 4) is 5.75 Å². The van der Waals surface area contributed by atoms with Gasteiger partial charge in [-0.2, -0.15) is 0 Å². The van der Waals surface area contributed by atoms with Crippen molar-refractivity contribution in [3.63, 3.8) is 0 Å². The molecule has 1 unspecified atom stereocenters. The van der Waals surface area contributed by atoms with Crippen molar-refractivity contribution in [2.75, 3.05) is 20.2 Å². The van der Waals surface area contributed by atoms with Gasteiger partial charge in [0.2, 0.25) is 5.91 Å². The molecule has 1 amide bonds. The van der Waals surface area contributed by atoms with Gasteiger partial charge in [0.25, 0.3) is 0 Å². The van der Waals surface area contributed by atoms with Crippen LogP contribution in [0.15, 0.2) is 48.7 Å². The van der Waals surface area contributed by atoms with Crippen LogP contribution in [0.25, 0.3) is 10.9 Å². The molecule has 0 aliphatic carbocycles. The van der Waals surface area contributed by atoms with Gasteiger partial charge in [-0.05, 0) is 41.7 Å². The number of likely N-dealkylation sites (N-methyl/N-ethyl adjacent to an activating group) is 1. The quantitative estimate of drug-likeness (QED) is 0.581. The SMILES string of the molecule is CCc1ccc(OCC(O)CN(C)C(=O)Cc2c[nH]c3c(CC)cccc23)cc1. The van der Waals surface area contributed by atoms with E-state index in [0.29, 0.717) is 6.42 Å². The van der Waals surface area contributed by atoms with E-state index in [-0.39, 0.29) is 19.1 Å². The third-order valence-electron chi connectivity index (χ3n) is 5.29. The van der Waals surface area contributed by atoms with Crippen LogP contribution in [0, 0.1) is 0 Å². The van der Waals surface area contributed by atoms with Gasteiger partial charge in [0.15, 0.2) is 0 Å². The van der Waals surface area contributed by atoms with E-state index >= 15 is 0 Å². The lowest BCUT2D eigenvalue weighted by Gasteiger charge is -2.21. The summed E-state index contributed by atoms with van der Waals surface area (Å²) in [6, 6.07) is 14.0. The van der Waals surface area contributed by atoms with Crippen molar-refractivity contribution >= 4 is 16.8 Å². The van der Waals surface area contributed by atoms with E-state index in [2.05, 4.69) is 24.9 Å². The molecular formula is C24H30N2O3. The number of benzene rings is 2. The Hall–Kier alpha value is -2.79. The van der Waals surface area contributed by atoms with Crippen LogP contribution in [0.4, 0.5) is 0 Å². The van der Waals surface area contributed by atoms with Crippen LogP contribution in [0.5, 0.6) is 5.75 Å². The molecule has 1 aromatic heterocycles. The van der Waals surface area contributed by atoms with E-state index in [1.165, 1.54) is 11.1 Å². The third-order valence-corrected chi connectivity index (χ3v) is 5.29. The van der Waals surface area contributed by atoms with Crippen LogP contribution in [-0.2, 0) is 24.1 Å². The molecule has 5 heteroatoms. The first-order valence-corrected chi connectivity index (χ1v) is 10.2. The zero-order valence-electron chi connectivity index (χ0n) is 17.4. The maximum absolute atomic E-state index is 12.6. The Morgan fingerprint density at radius 1 is 1.10 bits per heavy atom. The number of ether oxygens (including phenoxy) is 1. The molecule has 0 saturated heterocycles. The summed E-state index contributed by atoms with van der Waals surface area (Å²) in [4.78, 5) is 17.5. The average molecular weight is 395 g/mol. The number of amides is 1. The number of H-pyrrole nitrogens is 1. The lowest BCUT2D eigenvalue weighted by atomic mass is 10.1. The standard InChI is InChI=1S/C24H30N2O3/c1-4-17-9-11-21(12-10-17)29-16-20(27)15-26(3)23(28)13-19-14-25-24-18(5-2)7-6-8-22(19)24/h6-12,14,20,25,27H,4-5,13,15-16H2,1-3H3. The molecule has 0 bridgehead atoms. The Bertz CT molecular complexity index is 946. The zero-order valence-corrected chi connectivity index (χ0v) is 17.4. The summed E-state index contributed by atoms with van der Waals surface area (Å²) < 4.78 is 5.64. The van der Waals surface area contributed by atoms with E-state index in [9.17, 15) is 9.90 Å². The zero-order chi connectivity index (χ0) is 20.8. The number of rotatable bonds is 9. The van der Waals surface area contributed by atoms with Crippen LogP contribution < -0.4 is 4.74 Å². The number of hydrogen-bond donors (Lipinski definition) is 2. The summed E-state index contributed by atoms with van der Waals surface area (Å²) >= 11 is 0. The summed E-state index contributed by atoms with van der Waals surface area (Å²) in [6.45, 7) is 4.60. The van der Waals surface area contributed by atoms with Crippen molar-refractivity contribution < 1.29 is 14.6 Å². The highest BCUT2D eigenvalue weighted by atomic mass is 16.5. The molecule has 1 atom stereocenters. The highest BCUT2D eigenvalue weighted by Gasteiger charge is 2.17. The molecular weight excluding hydrogens is 364 g/mol. The Morgan fingerprint density at radius 3 is 2.55 bits per heavy atom. The minimum atomic E-state index is -0.746. The van der Waals surface area contributed by atoms with Crippen molar-refractivity contribution in [3.05, 3.63) is 65.4 Å². The summed E-state index contributed by atoms with van der Waals surface area (Å²) in [5, 5.41) is 11.4. The molecule has 0 spiro atoms. The number of aromatic amines is 1. The van der Waals surface area contributed by atoms with Crippen LogP contribution >= 0.6 is 0 Å². The van der Waals surface area contributed by atoms with E-state index in [1.54, 1.807) is 11.9 Å². The van der Waals surface area contributed by atoms with Gasteiger partial charge in [-0.3, -0.25) is 4.79 Å². The fourth-order valence-corrected chi connectivity index (χ4v) is 3.50. The smallest absolute Gasteiger partial charge is 0.226 e. The van der Waals surface area contributed by atoms with Crippen molar-refractivity contribution in [2.24, 2.45) is 0 Å². The van der Waals surface area contributed by atoms with Crippen molar-refractivity contribution in [1.29, 1.82) is 0 Å². The second-order valence-corrected chi connectivity index (χ2v) is 7.42. The van der Waals surface area contributed by atoms with E-state index in [4.69, 9.17) is 4.74 Å². The molecule has 2 N–H and O–H groups in total. The molecule has 0 fully saturated rings. The number of aryl methyl sites for hydroxylation is 2. The maximum atomic E-state index is 12.6. The summed E-state index contributed by atoms with van der Waals surface area (Å²) in [6.07, 6.45) is 3.39. The van der Waals surface area contributed by atoms with Gasteiger partial charge in [-0.1, -0.05) is 44.2 Å². The fourth-order valence-electron chi connectivity index (χ4n) is 3.50. The van der Waals surface area contributed by atoms with Gasteiger partial charge in [0.05, 0.1) is 6.42 Å².